The Bertz CT molecular complexity index is 2960. The van der Waals surface area contributed by atoms with Crippen molar-refractivity contribution in [1.29, 1.82) is 0 Å². The maximum absolute atomic E-state index is 6.62. The van der Waals surface area contributed by atoms with Crippen molar-refractivity contribution in [2.45, 2.75) is 0 Å². The quantitative estimate of drug-likeness (QED) is 0.173. The zero-order valence-corrected chi connectivity index (χ0v) is 27.7. The van der Waals surface area contributed by atoms with Gasteiger partial charge in [-0.3, -0.25) is 0 Å². The molecule has 0 aliphatic carbocycles. The minimum absolute atomic E-state index is 0.887. The van der Waals surface area contributed by atoms with Crippen molar-refractivity contribution in [3.05, 3.63) is 182 Å². The Balaban J connectivity index is 1.12. The molecule has 236 valence electrons. The Kier molecular flexibility index (Phi) is 6.02. The molecule has 11 rings (SSSR count). The fraction of sp³-hybridized carbons (Fsp3) is 0. The van der Waals surface area contributed by atoms with Crippen LogP contribution in [0.3, 0.4) is 0 Å². The Hall–Kier alpha value is -6.70. The van der Waals surface area contributed by atoms with Gasteiger partial charge in [0.05, 0.1) is 0 Å². The van der Waals surface area contributed by atoms with Crippen LogP contribution in [0, 0.1) is 0 Å². The Morgan fingerprint density at radius 1 is 0.255 bits per heavy atom. The smallest absolute Gasteiger partial charge is 0.135 e. The Labute approximate surface area is 296 Å². The molecule has 0 saturated carbocycles. The van der Waals surface area contributed by atoms with E-state index in [9.17, 15) is 0 Å². The van der Waals surface area contributed by atoms with Crippen molar-refractivity contribution in [3.63, 3.8) is 0 Å². The summed E-state index contributed by atoms with van der Waals surface area (Å²) in [6.45, 7) is 0. The summed E-state index contributed by atoms with van der Waals surface area (Å²) in [5.41, 5.74) is 11.9. The SMILES string of the molecule is c1ccc(-c2cc(-c3ccc4c(c3)-c3cccc5c(-c6ccccc6)ccc(c35)O4)cc(-c3ccc4ccc5cccc6ccc3c4c56)c2)cc1. The number of benzene rings is 10. The summed E-state index contributed by atoms with van der Waals surface area (Å²) in [5.74, 6) is 1.79. The van der Waals surface area contributed by atoms with Crippen LogP contribution in [-0.4, -0.2) is 0 Å². The third-order valence-electron chi connectivity index (χ3n) is 10.8. The predicted molar refractivity (Wildman–Crippen MR) is 215 cm³/mol. The van der Waals surface area contributed by atoms with Gasteiger partial charge in [-0.05, 0) is 124 Å². The highest BCUT2D eigenvalue weighted by Gasteiger charge is 2.23. The van der Waals surface area contributed by atoms with Crippen LogP contribution in [0.25, 0.3) is 98.7 Å². The van der Waals surface area contributed by atoms with E-state index in [1.165, 1.54) is 82.2 Å². The second kappa shape index (κ2) is 10.9. The number of hydrogen-bond donors (Lipinski definition) is 0. The maximum Gasteiger partial charge on any atom is 0.135 e. The molecule has 0 radical (unpaired) electrons. The van der Waals surface area contributed by atoms with Gasteiger partial charge in [-0.2, -0.15) is 0 Å². The molecule has 1 heterocycles. The maximum atomic E-state index is 6.62. The summed E-state index contributed by atoms with van der Waals surface area (Å²) in [5, 5.41) is 10.2. The van der Waals surface area contributed by atoms with Crippen LogP contribution >= 0.6 is 0 Å². The lowest BCUT2D eigenvalue weighted by Crippen LogP contribution is -1.98. The van der Waals surface area contributed by atoms with Crippen LogP contribution in [0.4, 0.5) is 0 Å². The summed E-state index contributed by atoms with van der Waals surface area (Å²) < 4.78 is 6.62. The fourth-order valence-electron chi connectivity index (χ4n) is 8.41. The van der Waals surface area contributed by atoms with Gasteiger partial charge in [0.1, 0.15) is 11.5 Å². The number of hydrogen-bond acceptors (Lipinski definition) is 1. The molecule has 0 unspecified atom stereocenters. The van der Waals surface area contributed by atoms with E-state index in [0.29, 0.717) is 0 Å². The van der Waals surface area contributed by atoms with Gasteiger partial charge in [-0.25, -0.2) is 0 Å². The standard InChI is InChI=1S/C50H30O/c1-3-9-31(10-4-1)37-27-38(29-39(28-37)41-22-19-35-18-17-33-13-7-14-34-20-23-44(41)49(35)48(33)34)36-21-25-46-45(30-36)43-16-8-15-42-40(32-11-5-2-6-12-32)24-26-47(51-46)50(42)43/h1-30H. The summed E-state index contributed by atoms with van der Waals surface area (Å²) in [7, 11) is 0. The first-order chi connectivity index (χ1) is 25.3. The van der Waals surface area contributed by atoms with Crippen LogP contribution in [0.2, 0.25) is 0 Å². The number of rotatable bonds is 4. The van der Waals surface area contributed by atoms with Crippen molar-refractivity contribution in [1.82, 2.24) is 0 Å². The molecule has 0 aromatic heterocycles. The summed E-state index contributed by atoms with van der Waals surface area (Å²) in [4.78, 5) is 0. The van der Waals surface area contributed by atoms with Gasteiger partial charge in [0.15, 0.2) is 0 Å². The van der Waals surface area contributed by atoms with E-state index in [1.807, 2.05) is 0 Å². The van der Waals surface area contributed by atoms with Gasteiger partial charge in [0, 0.05) is 10.9 Å². The molecule has 10 aromatic carbocycles. The van der Waals surface area contributed by atoms with Crippen LogP contribution < -0.4 is 4.74 Å². The fourth-order valence-corrected chi connectivity index (χ4v) is 8.41. The lowest BCUT2D eigenvalue weighted by molar-refractivity contribution is 0.487. The number of ether oxygens (including phenoxy) is 1. The zero-order chi connectivity index (χ0) is 33.5. The van der Waals surface area contributed by atoms with Crippen molar-refractivity contribution >= 4 is 43.1 Å². The van der Waals surface area contributed by atoms with Crippen LogP contribution in [-0.2, 0) is 0 Å². The lowest BCUT2D eigenvalue weighted by atomic mass is 9.87. The molecular weight excluding hydrogens is 617 g/mol. The molecule has 0 bridgehead atoms. The van der Waals surface area contributed by atoms with Crippen LogP contribution in [0.1, 0.15) is 0 Å². The average molecular weight is 647 g/mol. The molecule has 1 heteroatoms. The topological polar surface area (TPSA) is 9.23 Å². The molecule has 0 saturated heterocycles. The molecule has 0 spiro atoms. The van der Waals surface area contributed by atoms with E-state index in [0.717, 1.165) is 28.0 Å². The molecule has 0 fully saturated rings. The van der Waals surface area contributed by atoms with E-state index in [1.54, 1.807) is 0 Å². The van der Waals surface area contributed by atoms with Gasteiger partial charge in [0.25, 0.3) is 0 Å². The molecule has 0 amide bonds. The summed E-state index contributed by atoms with van der Waals surface area (Å²) in [6.07, 6.45) is 0. The highest BCUT2D eigenvalue weighted by atomic mass is 16.5. The van der Waals surface area contributed by atoms with E-state index in [4.69, 9.17) is 4.74 Å². The number of fused-ring (bicyclic) bond motifs is 2. The summed E-state index contributed by atoms with van der Waals surface area (Å²) in [6, 6.07) is 66.3. The van der Waals surface area contributed by atoms with Crippen molar-refractivity contribution in [3.8, 4) is 67.1 Å². The first-order valence-electron chi connectivity index (χ1n) is 17.6. The lowest BCUT2D eigenvalue weighted by Gasteiger charge is -2.23. The normalized spacial score (nSPS) is 12.1. The minimum atomic E-state index is 0.887. The highest BCUT2D eigenvalue weighted by Crippen LogP contribution is 2.50. The van der Waals surface area contributed by atoms with E-state index >= 15 is 0 Å². The molecule has 1 aliphatic heterocycles. The van der Waals surface area contributed by atoms with Gasteiger partial charge in [-0.15, -0.1) is 0 Å². The first kappa shape index (κ1) is 28.2. The molecule has 0 N–H and O–H groups in total. The molecule has 0 atom stereocenters. The van der Waals surface area contributed by atoms with Gasteiger partial charge >= 0.3 is 0 Å². The molecule has 1 aliphatic rings. The largest absolute Gasteiger partial charge is 0.456 e. The first-order valence-corrected chi connectivity index (χ1v) is 17.6. The Morgan fingerprint density at radius 2 is 0.843 bits per heavy atom. The monoisotopic (exact) mass is 646 g/mol. The second-order valence-corrected chi connectivity index (χ2v) is 13.7. The predicted octanol–water partition coefficient (Wildman–Crippen LogP) is 14.2. The second-order valence-electron chi connectivity index (χ2n) is 13.7. The van der Waals surface area contributed by atoms with Crippen molar-refractivity contribution in [2.24, 2.45) is 0 Å². The molecular formula is C50H30O. The van der Waals surface area contributed by atoms with Crippen molar-refractivity contribution < 1.29 is 4.74 Å². The van der Waals surface area contributed by atoms with E-state index in [2.05, 4.69) is 182 Å². The Morgan fingerprint density at radius 3 is 1.65 bits per heavy atom. The average Bonchev–Trinajstić information content (AvgIpc) is 3.20. The van der Waals surface area contributed by atoms with Gasteiger partial charge in [-0.1, -0.05) is 146 Å². The van der Waals surface area contributed by atoms with E-state index in [-0.39, 0.29) is 0 Å². The zero-order valence-electron chi connectivity index (χ0n) is 27.7. The third-order valence-corrected chi connectivity index (χ3v) is 10.8. The molecule has 10 aromatic rings. The molecule has 1 nitrogen and oxygen atoms in total. The minimum Gasteiger partial charge on any atom is -0.456 e. The summed E-state index contributed by atoms with van der Waals surface area (Å²) >= 11 is 0. The van der Waals surface area contributed by atoms with Crippen LogP contribution in [0.15, 0.2) is 182 Å². The molecule has 51 heavy (non-hydrogen) atoms. The van der Waals surface area contributed by atoms with Gasteiger partial charge in [0.2, 0.25) is 0 Å². The van der Waals surface area contributed by atoms with E-state index < -0.39 is 0 Å². The third kappa shape index (κ3) is 4.35. The van der Waals surface area contributed by atoms with Crippen molar-refractivity contribution in [2.75, 3.05) is 0 Å². The highest BCUT2D eigenvalue weighted by molar-refractivity contribution is 6.25. The van der Waals surface area contributed by atoms with Gasteiger partial charge < -0.3 is 4.74 Å². The van der Waals surface area contributed by atoms with Crippen LogP contribution in [0.5, 0.6) is 11.5 Å².